The molecule has 0 unspecified atom stereocenters. The summed E-state index contributed by atoms with van der Waals surface area (Å²) in [7, 11) is 0. The number of nitrogens with one attached hydrogen (secondary N) is 1. The van der Waals surface area contributed by atoms with E-state index in [0.29, 0.717) is 0 Å². The van der Waals surface area contributed by atoms with E-state index in [4.69, 9.17) is 13.9 Å². The average molecular weight is 449 g/mol. The molecule has 170 valence electrons. The van der Waals surface area contributed by atoms with Crippen molar-refractivity contribution >= 4 is 35.1 Å². The molecule has 1 N–H and O–H groups in total. The highest BCUT2D eigenvalue weighted by molar-refractivity contribution is 6.12. The molecule has 1 amide bonds. The number of ether oxygens (including phenoxy) is 2. The van der Waals surface area contributed by atoms with Crippen molar-refractivity contribution in [3.63, 3.8) is 0 Å². The quantitative estimate of drug-likeness (QED) is 0.356. The van der Waals surface area contributed by atoms with Crippen LogP contribution in [-0.4, -0.2) is 40.9 Å². The molecule has 0 atom stereocenters. The Labute approximate surface area is 180 Å². The smallest absolute Gasteiger partial charge is 0.344 e. The van der Waals surface area contributed by atoms with Crippen LogP contribution in [0.1, 0.15) is 56.2 Å². The van der Waals surface area contributed by atoms with Crippen LogP contribution in [0, 0.1) is 34.1 Å². The Morgan fingerprint density at radius 1 is 0.969 bits per heavy atom. The number of hydrogen-bond acceptors (Lipinski definition) is 10. The number of benzene rings is 1. The molecule has 1 aromatic heterocycles. The van der Waals surface area contributed by atoms with E-state index in [9.17, 15) is 34.6 Å². The lowest BCUT2D eigenvalue weighted by Gasteiger charge is -2.09. The van der Waals surface area contributed by atoms with Crippen molar-refractivity contribution in [2.24, 2.45) is 0 Å². The third-order valence-corrected chi connectivity index (χ3v) is 4.29. The fraction of sp³-hybridized carbons (Fsp3) is 0.316. The minimum Gasteiger partial charge on any atom is -0.462 e. The van der Waals surface area contributed by atoms with Crippen LogP contribution in [0.5, 0.6) is 0 Å². The molecule has 0 radical (unpaired) electrons. The van der Waals surface area contributed by atoms with Crippen LogP contribution in [0.15, 0.2) is 16.5 Å². The normalized spacial score (nSPS) is 10.4. The van der Waals surface area contributed by atoms with Gasteiger partial charge in [-0.15, -0.1) is 0 Å². The van der Waals surface area contributed by atoms with Gasteiger partial charge in [0.05, 0.1) is 34.7 Å². The van der Waals surface area contributed by atoms with E-state index in [1.165, 1.54) is 20.8 Å². The summed E-state index contributed by atoms with van der Waals surface area (Å²) in [5.74, 6) is -3.43. The highest BCUT2D eigenvalue weighted by Crippen LogP contribution is 2.32. The Morgan fingerprint density at radius 3 is 2.03 bits per heavy atom. The number of carbonyl (C=O) groups is 3. The standard InChI is InChI=1S/C19H19N3O10/c1-5-30-18(24)14-10(4)32-17(15(14)19(25)31-6-2)20-16(23)12-7-11(21(26)27)8-13(9(12)3)22(28)29/h7-8H,5-6H2,1-4H3,(H,20,23). The van der Waals surface area contributed by atoms with Gasteiger partial charge in [-0.25, -0.2) is 9.59 Å². The summed E-state index contributed by atoms with van der Waals surface area (Å²) in [6, 6.07) is 1.58. The van der Waals surface area contributed by atoms with Crippen LogP contribution in [0.2, 0.25) is 0 Å². The minimum atomic E-state index is -1.04. The third kappa shape index (κ3) is 4.71. The van der Waals surface area contributed by atoms with Gasteiger partial charge in [0.2, 0.25) is 5.88 Å². The van der Waals surface area contributed by atoms with Gasteiger partial charge in [-0.2, -0.15) is 0 Å². The Morgan fingerprint density at radius 2 is 1.53 bits per heavy atom. The second kappa shape index (κ2) is 9.68. The van der Waals surface area contributed by atoms with Crippen molar-refractivity contribution in [3.8, 4) is 0 Å². The SMILES string of the molecule is CCOC(=O)c1c(C)oc(NC(=O)c2cc([N+](=O)[O-])cc([N+](=O)[O-])c2C)c1C(=O)OCC. The minimum absolute atomic E-state index is 0.00392. The Balaban J connectivity index is 2.60. The lowest BCUT2D eigenvalue weighted by molar-refractivity contribution is -0.394. The first-order valence-corrected chi connectivity index (χ1v) is 9.25. The zero-order chi connectivity index (χ0) is 24.2. The number of aryl methyl sites for hydroxylation is 1. The number of amides is 1. The van der Waals surface area contributed by atoms with Gasteiger partial charge in [-0.1, -0.05) is 0 Å². The lowest BCUT2D eigenvalue weighted by Crippen LogP contribution is -2.18. The number of esters is 2. The number of hydrogen-bond donors (Lipinski definition) is 1. The summed E-state index contributed by atoms with van der Waals surface area (Å²) >= 11 is 0. The van der Waals surface area contributed by atoms with E-state index >= 15 is 0 Å². The molecule has 13 nitrogen and oxygen atoms in total. The molecule has 2 rings (SSSR count). The van der Waals surface area contributed by atoms with Crippen LogP contribution in [0.25, 0.3) is 0 Å². The summed E-state index contributed by atoms with van der Waals surface area (Å²) in [6.07, 6.45) is 0. The van der Waals surface area contributed by atoms with Crippen molar-refractivity contribution in [3.05, 3.63) is 60.4 Å². The molecule has 0 bridgehead atoms. The van der Waals surface area contributed by atoms with Gasteiger partial charge >= 0.3 is 11.9 Å². The zero-order valence-electron chi connectivity index (χ0n) is 17.5. The van der Waals surface area contributed by atoms with Crippen LogP contribution < -0.4 is 5.32 Å². The van der Waals surface area contributed by atoms with Gasteiger partial charge in [0, 0.05) is 11.6 Å². The molecule has 0 aliphatic heterocycles. The molecule has 0 saturated carbocycles. The predicted octanol–water partition coefficient (Wildman–Crippen LogP) is 3.32. The molecule has 1 aromatic carbocycles. The maximum atomic E-state index is 12.8. The number of nitrogens with zero attached hydrogens (tertiary/aromatic N) is 2. The second-order valence-electron chi connectivity index (χ2n) is 6.28. The number of carbonyl (C=O) groups excluding carboxylic acids is 3. The number of anilines is 1. The van der Waals surface area contributed by atoms with Crippen molar-refractivity contribution in [1.29, 1.82) is 0 Å². The molecule has 32 heavy (non-hydrogen) atoms. The summed E-state index contributed by atoms with van der Waals surface area (Å²) in [6.45, 7) is 5.63. The fourth-order valence-electron chi connectivity index (χ4n) is 2.87. The van der Waals surface area contributed by atoms with Gasteiger partial charge < -0.3 is 13.9 Å². The Kier molecular flexibility index (Phi) is 7.25. The van der Waals surface area contributed by atoms with Gasteiger partial charge in [0.15, 0.2) is 0 Å². The maximum absolute atomic E-state index is 12.8. The highest BCUT2D eigenvalue weighted by Gasteiger charge is 2.32. The molecule has 2 aromatic rings. The average Bonchev–Trinajstić information content (AvgIpc) is 3.03. The first-order chi connectivity index (χ1) is 15.0. The molecule has 0 fully saturated rings. The first-order valence-electron chi connectivity index (χ1n) is 9.25. The van der Waals surface area contributed by atoms with E-state index in [1.807, 2.05) is 0 Å². The van der Waals surface area contributed by atoms with Crippen molar-refractivity contribution in [2.45, 2.75) is 27.7 Å². The monoisotopic (exact) mass is 449 g/mol. The molecular formula is C19H19N3O10. The summed E-state index contributed by atoms with van der Waals surface area (Å²) < 4.78 is 15.2. The van der Waals surface area contributed by atoms with E-state index in [-0.39, 0.29) is 30.1 Å². The van der Waals surface area contributed by atoms with Crippen molar-refractivity contribution in [1.82, 2.24) is 0 Å². The maximum Gasteiger partial charge on any atom is 0.344 e. The van der Waals surface area contributed by atoms with Crippen molar-refractivity contribution < 1.29 is 38.1 Å². The zero-order valence-corrected chi connectivity index (χ0v) is 17.5. The number of nitro groups is 2. The van der Waals surface area contributed by atoms with Crippen LogP contribution in [0.3, 0.4) is 0 Å². The van der Waals surface area contributed by atoms with Gasteiger partial charge in [-0.05, 0) is 27.7 Å². The summed E-state index contributed by atoms with van der Waals surface area (Å²) in [5, 5.41) is 24.6. The van der Waals surface area contributed by atoms with E-state index in [0.717, 1.165) is 12.1 Å². The fourth-order valence-corrected chi connectivity index (χ4v) is 2.87. The van der Waals surface area contributed by atoms with Crippen LogP contribution in [-0.2, 0) is 9.47 Å². The first kappa shape index (κ1) is 24.0. The molecule has 0 aliphatic rings. The largest absolute Gasteiger partial charge is 0.462 e. The molecule has 1 heterocycles. The summed E-state index contributed by atoms with van der Waals surface area (Å²) in [4.78, 5) is 58.3. The van der Waals surface area contributed by atoms with Crippen LogP contribution in [0.4, 0.5) is 17.3 Å². The lowest BCUT2D eigenvalue weighted by atomic mass is 10.0. The van der Waals surface area contributed by atoms with Gasteiger partial charge in [0.25, 0.3) is 17.3 Å². The third-order valence-electron chi connectivity index (χ3n) is 4.29. The van der Waals surface area contributed by atoms with E-state index < -0.39 is 56.1 Å². The molecule has 0 saturated heterocycles. The molecule has 0 spiro atoms. The summed E-state index contributed by atoms with van der Waals surface area (Å²) in [5.41, 5.74) is -2.54. The number of nitro benzene ring substituents is 2. The Bertz CT molecular complexity index is 1120. The molecule has 0 aliphatic carbocycles. The van der Waals surface area contributed by atoms with Gasteiger partial charge in [-0.3, -0.25) is 30.3 Å². The highest BCUT2D eigenvalue weighted by atomic mass is 16.6. The molecular weight excluding hydrogens is 430 g/mol. The van der Waals surface area contributed by atoms with Gasteiger partial charge in [0.1, 0.15) is 16.9 Å². The number of non-ortho nitro benzene ring substituents is 1. The van der Waals surface area contributed by atoms with E-state index in [1.54, 1.807) is 6.92 Å². The van der Waals surface area contributed by atoms with Crippen molar-refractivity contribution in [2.75, 3.05) is 18.5 Å². The topological polar surface area (TPSA) is 181 Å². The number of furan rings is 1. The number of rotatable bonds is 8. The predicted molar refractivity (Wildman–Crippen MR) is 108 cm³/mol. The van der Waals surface area contributed by atoms with Crippen LogP contribution >= 0.6 is 0 Å². The second-order valence-corrected chi connectivity index (χ2v) is 6.28. The van der Waals surface area contributed by atoms with E-state index in [2.05, 4.69) is 5.32 Å². The Hall–Kier alpha value is -4.29. The molecule has 13 heteroatoms.